The van der Waals surface area contributed by atoms with Crippen molar-refractivity contribution in [3.8, 4) is 0 Å². The molecule has 1 aromatic rings. The van der Waals surface area contributed by atoms with Gasteiger partial charge in [-0.15, -0.1) is 0 Å². The van der Waals surface area contributed by atoms with Gasteiger partial charge in [0.25, 0.3) is 5.91 Å². The molecule has 1 unspecified atom stereocenters. The van der Waals surface area contributed by atoms with Crippen molar-refractivity contribution in [1.29, 1.82) is 0 Å². The third kappa shape index (κ3) is 1.82. The number of carbonyl (C=O) groups excluding carboxylic acids is 1. The molecular formula is C11H14N4O. The summed E-state index contributed by atoms with van der Waals surface area (Å²) in [4.78, 5) is 12.0. The van der Waals surface area contributed by atoms with Crippen LogP contribution in [0.1, 0.15) is 0 Å². The van der Waals surface area contributed by atoms with Gasteiger partial charge in [0, 0.05) is 7.05 Å². The number of hydrogen-bond acceptors (Lipinski definition) is 4. The molecular weight excluding hydrogens is 204 g/mol. The predicted octanol–water partition coefficient (Wildman–Crippen LogP) is 0.454. The minimum atomic E-state index is -0.342. The summed E-state index contributed by atoms with van der Waals surface area (Å²) in [5.74, 6) is -0.0527. The highest BCUT2D eigenvalue weighted by Gasteiger charge is 2.32. The van der Waals surface area contributed by atoms with Crippen LogP contribution >= 0.6 is 0 Å². The van der Waals surface area contributed by atoms with Gasteiger partial charge in [0.2, 0.25) is 0 Å². The highest BCUT2D eigenvalue weighted by atomic mass is 16.2. The number of hydrazine groups is 1. The molecule has 1 atom stereocenters. The first kappa shape index (κ1) is 10.8. The van der Waals surface area contributed by atoms with Crippen molar-refractivity contribution >= 4 is 17.8 Å². The molecule has 1 aliphatic heterocycles. The lowest BCUT2D eigenvalue weighted by Gasteiger charge is -2.20. The second-order valence-electron chi connectivity index (χ2n) is 3.53. The van der Waals surface area contributed by atoms with Gasteiger partial charge >= 0.3 is 0 Å². The zero-order valence-corrected chi connectivity index (χ0v) is 9.29. The van der Waals surface area contributed by atoms with Crippen LogP contribution in [0.25, 0.3) is 0 Å². The van der Waals surface area contributed by atoms with Gasteiger partial charge in [0.15, 0.2) is 0 Å². The van der Waals surface area contributed by atoms with E-state index in [1.807, 2.05) is 37.4 Å². The van der Waals surface area contributed by atoms with Crippen LogP contribution in [0.5, 0.6) is 0 Å². The summed E-state index contributed by atoms with van der Waals surface area (Å²) in [5.41, 5.74) is 3.69. The smallest absolute Gasteiger partial charge is 0.270 e. The molecule has 84 valence electrons. The molecule has 0 bridgehead atoms. The van der Waals surface area contributed by atoms with Crippen LogP contribution in [0.2, 0.25) is 0 Å². The Bertz CT molecular complexity index is 404. The van der Waals surface area contributed by atoms with Crippen molar-refractivity contribution in [2.24, 2.45) is 5.10 Å². The number of nitrogens with zero attached hydrogens (tertiary/aromatic N) is 3. The van der Waals surface area contributed by atoms with E-state index in [0.717, 1.165) is 5.69 Å². The standard InChI is InChI=1S/C11H14N4O/c1-12-14(2)10-8-13-15(11(10)16)9-6-4-3-5-7-9/h3-8,10,12H,1-2H3. The summed E-state index contributed by atoms with van der Waals surface area (Å²) in [6, 6.07) is 9.05. The predicted molar refractivity (Wildman–Crippen MR) is 63.0 cm³/mol. The molecule has 5 nitrogen and oxygen atoms in total. The van der Waals surface area contributed by atoms with Crippen molar-refractivity contribution in [3.63, 3.8) is 0 Å². The second kappa shape index (κ2) is 4.42. The molecule has 1 aromatic carbocycles. The SMILES string of the molecule is CNN(C)C1C=NN(c2ccccc2)C1=O. The Morgan fingerprint density at radius 1 is 1.38 bits per heavy atom. The summed E-state index contributed by atoms with van der Waals surface area (Å²) in [5, 5.41) is 7.25. The zero-order chi connectivity index (χ0) is 11.5. The average molecular weight is 218 g/mol. The van der Waals surface area contributed by atoms with Crippen LogP contribution in [-0.4, -0.2) is 37.3 Å². The Morgan fingerprint density at radius 2 is 2.06 bits per heavy atom. The molecule has 0 aromatic heterocycles. The van der Waals surface area contributed by atoms with E-state index in [9.17, 15) is 4.79 Å². The molecule has 1 aliphatic rings. The topological polar surface area (TPSA) is 47.9 Å². The Kier molecular flexibility index (Phi) is 2.98. The van der Waals surface area contributed by atoms with Crippen LogP contribution in [0, 0.1) is 0 Å². The Balaban J connectivity index is 2.18. The van der Waals surface area contributed by atoms with Crippen LogP contribution in [0.4, 0.5) is 5.69 Å². The number of benzene rings is 1. The number of rotatable bonds is 3. The van der Waals surface area contributed by atoms with Gasteiger partial charge in [-0.05, 0) is 19.2 Å². The van der Waals surface area contributed by atoms with Crippen molar-refractivity contribution in [2.75, 3.05) is 19.1 Å². The molecule has 1 amide bonds. The lowest BCUT2D eigenvalue weighted by molar-refractivity contribution is -0.121. The van der Waals surface area contributed by atoms with E-state index in [4.69, 9.17) is 0 Å². The van der Waals surface area contributed by atoms with Crippen LogP contribution in [0.3, 0.4) is 0 Å². The fraction of sp³-hybridized carbons (Fsp3) is 0.273. The van der Waals surface area contributed by atoms with Crippen molar-refractivity contribution in [2.45, 2.75) is 6.04 Å². The van der Waals surface area contributed by atoms with E-state index in [2.05, 4.69) is 10.5 Å². The van der Waals surface area contributed by atoms with E-state index >= 15 is 0 Å². The van der Waals surface area contributed by atoms with Crippen LogP contribution < -0.4 is 10.4 Å². The number of para-hydroxylation sites is 1. The first-order valence-corrected chi connectivity index (χ1v) is 5.07. The molecule has 0 saturated carbocycles. The van der Waals surface area contributed by atoms with Crippen LogP contribution in [0.15, 0.2) is 35.4 Å². The normalized spacial score (nSPS) is 19.8. The number of nitrogens with one attached hydrogen (secondary N) is 1. The molecule has 16 heavy (non-hydrogen) atoms. The number of anilines is 1. The molecule has 5 heteroatoms. The molecule has 0 spiro atoms. The van der Waals surface area contributed by atoms with Gasteiger partial charge < -0.3 is 0 Å². The summed E-state index contributed by atoms with van der Waals surface area (Å²) >= 11 is 0. The molecule has 2 rings (SSSR count). The van der Waals surface area contributed by atoms with Gasteiger partial charge in [-0.1, -0.05) is 18.2 Å². The number of amides is 1. The number of carbonyl (C=O) groups is 1. The Morgan fingerprint density at radius 3 is 2.69 bits per heavy atom. The molecule has 0 fully saturated rings. The van der Waals surface area contributed by atoms with E-state index in [0.29, 0.717) is 0 Å². The minimum absolute atomic E-state index is 0.0527. The highest BCUT2D eigenvalue weighted by molar-refractivity contribution is 6.11. The monoisotopic (exact) mass is 218 g/mol. The molecule has 1 heterocycles. The van der Waals surface area contributed by atoms with E-state index in [-0.39, 0.29) is 11.9 Å². The highest BCUT2D eigenvalue weighted by Crippen LogP contribution is 2.18. The molecule has 0 radical (unpaired) electrons. The summed E-state index contributed by atoms with van der Waals surface area (Å²) in [6.07, 6.45) is 1.63. The Hall–Kier alpha value is -1.72. The van der Waals surface area contributed by atoms with Crippen LogP contribution in [-0.2, 0) is 4.79 Å². The number of hydrazone groups is 1. The Labute approximate surface area is 94.3 Å². The van der Waals surface area contributed by atoms with E-state index < -0.39 is 0 Å². The first-order valence-electron chi connectivity index (χ1n) is 5.07. The minimum Gasteiger partial charge on any atom is -0.270 e. The van der Waals surface area contributed by atoms with Crippen molar-refractivity contribution < 1.29 is 4.79 Å². The number of hydrogen-bond donors (Lipinski definition) is 1. The fourth-order valence-electron chi connectivity index (χ4n) is 1.54. The van der Waals surface area contributed by atoms with E-state index in [1.165, 1.54) is 5.01 Å². The zero-order valence-electron chi connectivity index (χ0n) is 9.29. The van der Waals surface area contributed by atoms with Gasteiger partial charge in [0.05, 0.1) is 11.9 Å². The average Bonchev–Trinajstić information content (AvgIpc) is 2.71. The lowest BCUT2D eigenvalue weighted by atomic mass is 10.2. The molecule has 0 saturated heterocycles. The summed E-state index contributed by atoms with van der Waals surface area (Å²) in [6.45, 7) is 0. The van der Waals surface area contributed by atoms with Gasteiger partial charge in [-0.3, -0.25) is 10.2 Å². The maximum absolute atomic E-state index is 12.0. The molecule has 1 N–H and O–H groups in total. The summed E-state index contributed by atoms with van der Waals surface area (Å²) < 4.78 is 0. The quantitative estimate of drug-likeness (QED) is 0.749. The first-order chi connectivity index (χ1) is 7.74. The maximum atomic E-state index is 12.0. The fourth-order valence-corrected chi connectivity index (χ4v) is 1.54. The third-order valence-electron chi connectivity index (χ3n) is 2.56. The number of likely N-dealkylation sites (N-methyl/N-ethyl adjacent to an activating group) is 1. The third-order valence-corrected chi connectivity index (χ3v) is 2.56. The summed E-state index contributed by atoms with van der Waals surface area (Å²) in [7, 11) is 3.58. The van der Waals surface area contributed by atoms with Gasteiger partial charge in [-0.2, -0.15) is 10.1 Å². The second-order valence-corrected chi connectivity index (χ2v) is 3.53. The lowest BCUT2D eigenvalue weighted by Crippen LogP contribution is -2.47. The van der Waals surface area contributed by atoms with Crippen molar-refractivity contribution in [1.82, 2.24) is 10.4 Å². The molecule has 0 aliphatic carbocycles. The van der Waals surface area contributed by atoms with Crippen molar-refractivity contribution in [3.05, 3.63) is 30.3 Å². The maximum Gasteiger partial charge on any atom is 0.271 e. The van der Waals surface area contributed by atoms with Gasteiger partial charge in [-0.25, -0.2) is 5.01 Å². The van der Waals surface area contributed by atoms with Gasteiger partial charge in [0.1, 0.15) is 6.04 Å². The van der Waals surface area contributed by atoms with E-state index in [1.54, 1.807) is 18.3 Å². The largest absolute Gasteiger partial charge is 0.271 e.